The van der Waals surface area contributed by atoms with Crippen LogP contribution in [0.5, 0.6) is 0 Å². The Hall–Kier alpha value is -0.313. The summed E-state index contributed by atoms with van der Waals surface area (Å²) in [6.07, 6.45) is 0. The molecule has 1 rings (SSSR count). The molecule has 1 aromatic carbocycles. The van der Waals surface area contributed by atoms with Crippen LogP contribution in [0, 0.1) is 0 Å². The second-order valence-electron chi connectivity index (χ2n) is 3.40. The molecule has 0 aromatic heterocycles. The van der Waals surface area contributed by atoms with Gasteiger partial charge in [0.25, 0.3) is 0 Å². The molecule has 2 atom stereocenters. The van der Waals surface area contributed by atoms with Gasteiger partial charge < -0.3 is 4.80 Å². The van der Waals surface area contributed by atoms with Gasteiger partial charge in [0.05, 0.1) is 0 Å². The average Bonchev–Trinajstić information content (AvgIpc) is 2.17. The highest BCUT2D eigenvalue weighted by molar-refractivity contribution is 6.50. The van der Waals surface area contributed by atoms with Crippen LogP contribution in [-0.2, 0) is 5.88 Å². The third-order valence-electron chi connectivity index (χ3n) is 2.38. The number of hydrogen-bond acceptors (Lipinski definition) is 1. The third-order valence-corrected chi connectivity index (χ3v) is 4.52. The lowest BCUT2D eigenvalue weighted by Gasteiger charge is -2.13. The molecule has 0 spiro atoms. The molecule has 72 valence electrons. The van der Waals surface area contributed by atoms with E-state index in [0.29, 0.717) is 11.4 Å². The zero-order chi connectivity index (χ0) is 9.84. The fourth-order valence-electron chi connectivity index (χ4n) is 1.19. The molecule has 1 N–H and O–H groups in total. The fraction of sp³-hybridized carbons (Fsp3) is 0.400. The molecule has 0 bridgehead atoms. The summed E-state index contributed by atoms with van der Waals surface area (Å²) in [5.74, 6) is 0.556. The molecular weight excluding hydrogens is 200 g/mol. The first kappa shape index (κ1) is 10.8. The first-order valence-corrected chi connectivity index (χ1v) is 7.35. The van der Waals surface area contributed by atoms with Gasteiger partial charge in [0.1, 0.15) is 0 Å². The maximum absolute atomic E-state index is 9.51. The number of halogens is 1. The molecule has 1 aromatic rings. The lowest BCUT2D eigenvalue weighted by Crippen LogP contribution is -2.16. The molecule has 0 fully saturated rings. The largest absolute Gasteiger partial charge is 0.434 e. The molecule has 0 aliphatic heterocycles. The van der Waals surface area contributed by atoms with E-state index in [1.54, 1.807) is 0 Å². The number of rotatable bonds is 3. The van der Waals surface area contributed by atoms with Crippen molar-refractivity contribution in [2.75, 3.05) is 0 Å². The van der Waals surface area contributed by atoms with E-state index in [1.165, 1.54) is 5.56 Å². The summed E-state index contributed by atoms with van der Waals surface area (Å²) in [5, 5.41) is 0. The van der Waals surface area contributed by atoms with Crippen LogP contribution in [0.2, 0.25) is 6.55 Å². The molecule has 0 saturated carbocycles. The molecule has 0 aliphatic rings. The summed E-state index contributed by atoms with van der Waals surface area (Å²) in [5.41, 5.74) is 2.67. The fourth-order valence-corrected chi connectivity index (χ4v) is 2.15. The van der Waals surface area contributed by atoms with E-state index in [9.17, 15) is 4.80 Å². The summed E-state index contributed by atoms with van der Waals surface area (Å²) in [6.45, 7) is 4.02. The predicted octanol–water partition coefficient (Wildman–Crippen LogP) is 2.41. The van der Waals surface area contributed by atoms with Crippen LogP contribution >= 0.6 is 11.6 Å². The molecule has 0 saturated heterocycles. The first-order chi connectivity index (χ1) is 6.15. The van der Waals surface area contributed by atoms with E-state index >= 15 is 0 Å². The van der Waals surface area contributed by atoms with E-state index in [1.807, 2.05) is 18.7 Å². The molecule has 0 aliphatic carbocycles. The zero-order valence-electron chi connectivity index (χ0n) is 8.00. The first-order valence-electron chi connectivity index (χ1n) is 4.48. The van der Waals surface area contributed by atoms with Gasteiger partial charge in [0.2, 0.25) is 0 Å². The van der Waals surface area contributed by atoms with Crippen LogP contribution in [0.15, 0.2) is 24.3 Å². The van der Waals surface area contributed by atoms with Crippen LogP contribution in [0.3, 0.4) is 0 Å². The standard InChI is InChI=1S/C10H15ClOSi/c1-8(13(2)12)10-5-3-9(7-11)4-6-10/h3-6,8,12-13H,7H2,1-2H3. The maximum atomic E-state index is 9.51. The summed E-state index contributed by atoms with van der Waals surface area (Å²) in [4.78, 5) is 9.51. The Bertz CT molecular complexity index is 258. The molecule has 0 amide bonds. The van der Waals surface area contributed by atoms with Gasteiger partial charge in [-0.2, -0.15) is 0 Å². The van der Waals surface area contributed by atoms with Crippen molar-refractivity contribution in [2.24, 2.45) is 0 Å². The van der Waals surface area contributed by atoms with Crippen molar-refractivity contribution >= 4 is 20.6 Å². The zero-order valence-corrected chi connectivity index (χ0v) is 9.91. The average molecular weight is 215 g/mol. The van der Waals surface area contributed by atoms with Crippen LogP contribution in [0.1, 0.15) is 23.6 Å². The summed E-state index contributed by atoms with van der Waals surface area (Å²) < 4.78 is 0. The van der Waals surface area contributed by atoms with Crippen LogP contribution in [-0.4, -0.2) is 13.8 Å². The van der Waals surface area contributed by atoms with E-state index in [0.717, 1.165) is 5.56 Å². The second kappa shape index (κ2) is 4.79. The van der Waals surface area contributed by atoms with Gasteiger partial charge in [-0.15, -0.1) is 11.6 Å². The Morgan fingerprint density at radius 2 is 1.92 bits per heavy atom. The van der Waals surface area contributed by atoms with Crippen molar-refractivity contribution in [3.05, 3.63) is 35.4 Å². The molecule has 0 heterocycles. The third kappa shape index (κ3) is 2.83. The van der Waals surface area contributed by atoms with E-state index in [4.69, 9.17) is 11.6 Å². The van der Waals surface area contributed by atoms with Crippen molar-refractivity contribution in [3.8, 4) is 0 Å². The van der Waals surface area contributed by atoms with Crippen molar-refractivity contribution < 1.29 is 4.80 Å². The number of alkyl halides is 1. The second-order valence-corrected chi connectivity index (χ2v) is 6.15. The summed E-state index contributed by atoms with van der Waals surface area (Å²) >= 11 is 5.68. The van der Waals surface area contributed by atoms with Gasteiger partial charge in [-0.25, -0.2) is 0 Å². The molecule has 2 unspecified atom stereocenters. The minimum Gasteiger partial charge on any atom is -0.434 e. The SMILES string of the molecule is CC(c1ccc(CCl)cc1)[SiH](C)O. The number of benzene rings is 1. The summed E-state index contributed by atoms with van der Waals surface area (Å²) in [6, 6.07) is 8.16. The highest BCUT2D eigenvalue weighted by Crippen LogP contribution is 2.18. The predicted molar refractivity (Wildman–Crippen MR) is 59.6 cm³/mol. The topological polar surface area (TPSA) is 20.2 Å². The van der Waals surface area contributed by atoms with Crippen molar-refractivity contribution in [2.45, 2.75) is 24.9 Å². The van der Waals surface area contributed by atoms with Gasteiger partial charge in [-0.1, -0.05) is 31.2 Å². The smallest absolute Gasteiger partial charge is 0.176 e. The van der Waals surface area contributed by atoms with Gasteiger partial charge in [-0.3, -0.25) is 0 Å². The Morgan fingerprint density at radius 3 is 2.31 bits per heavy atom. The Morgan fingerprint density at radius 1 is 1.38 bits per heavy atom. The van der Waals surface area contributed by atoms with Crippen LogP contribution < -0.4 is 0 Å². The molecular formula is C10H15ClOSi. The summed E-state index contributed by atoms with van der Waals surface area (Å²) in [7, 11) is -1.55. The van der Waals surface area contributed by atoms with E-state index in [-0.39, 0.29) is 0 Å². The Labute approximate surface area is 86.1 Å². The van der Waals surface area contributed by atoms with E-state index in [2.05, 4.69) is 19.1 Å². The van der Waals surface area contributed by atoms with Crippen molar-refractivity contribution in [1.82, 2.24) is 0 Å². The lowest BCUT2D eigenvalue weighted by atomic mass is 10.1. The van der Waals surface area contributed by atoms with Crippen LogP contribution in [0.4, 0.5) is 0 Å². The Kier molecular flexibility index (Phi) is 3.97. The van der Waals surface area contributed by atoms with Gasteiger partial charge in [0, 0.05) is 5.88 Å². The monoisotopic (exact) mass is 214 g/mol. The van der Waals surface area contributed by atoms with Gasteiger partial charge in [0.15, 0.2) is 9.04 Å². The van der Waals surface area contributed by atoms with Gasteiger partial charge in [-0.05, 0) is 23.2 Å². The molecule has 13 heavy (non-hydrogen) atoms. The van der Waals surface area contributed by atoms with Gasteiger partial charge >= 0.3 is 0 Å². The minimum absolute atomic E-state index is 0.323. The maximum Gasteiger partial charge on any atom is 0.176 e. The van der Waals surface area contributed by atoms with Crippen molar-refractivity contribution in [3.63, 3.8) is 0 Å². The molecule has 0 radical (unpaired) electrons. The lowest BCUT2D eigenvalue weighted by molar-refractivity contribution is 0.562. The highest BCUT2D eigenvalue weighted by Gasteiger charge is 2.12. The normalized spacial score (nSPS) is 15.4. The molecule has 1 nitrogen and oxygen atoms in total. The minimum atomic E-state index is -1.55. The van der Waals surface area contributed by atoms with E-state index < -0.39 is 9.04 Å². The Balaban J connectivity index is 2.79. The number of hydrogen-bond donors (Lipinski definition) is 1. The van der Waals surface area contributed by atoms with Crippen LogP contribution in [0.25, 0.3) is 0 Å². The van der Waals surface area contributed by atoms with Crippen molar-refractivity contribution in [1.29, 1.82) is 0 Å². The highest BCUT2D eigenvalue weighted by atomic mass is 35.5. The quantitative estimate of drug-likeness (QED) is 0.606. The molecule has 3 heteroatoms.